The molecule has 0 aliphatic rings. The Morgan fingerprint density at radius 1 is 0.625 bits per heavy atom. The predicted octanol–water partition coefficient (Wildman–Crippen LogP) is 12.9. The molecule has 64 heavy (non-hydrogen) atoms. The number of aromatic nitrogens is 2. The molecular formula is C46H36Cl2N6O6S4. The molecule has 0 fully saturated rings. The molecule has 0 unspecified atom stereocenters. The minimum atomic E-state index is -0.492. The molecule has 4 aromatic carbocycles. The predicted molar refractivity (Wildman–Crippen MR) is 261 cm³/mol. The maximum Gasteiger partial charge on any atom is 0.348 e. The molecule has 18 heteroatoms. The van der Waals surface area contributed by atoms with Gasteiger partial charge in [-0.3, -0.25) is 10.9 Å². The molecule has 4 aromatic heterocycles. The van der Waals surface area contributed by atoms with Crippen LogP contribution in [0.25, 0.3) is 31.9 Å². The first-order valence-electron chi connectivity index (χ1n) is 19.6. The van der Waals surface area contributed by atoms with Crippen molar-refractivity contribution in [3.8, 4) is 34.0 Å². The Kier molecular flexibility index (Phi) is 14.6. The summed E-state index contributed by atoms with van der Waals surface area (Å²) in [5.74, 6) is 0.0495. The molecule has 0 amide bonds. The average Bonchev–Trinajstić information content (AvgIpc) is 4.12. The van der Waals surface area contributed by atoms with Crippen molar-refractivity contribution in [1.82, 2.24) is 9.97 Å². The number of para-hydroxylation sites is 2. The molecule has 4 heterocycles. The van der Waals surface area contributed by atoms with E-state index >= 15 is 0 Å². The Hall–Kier alpha value is -6.14. The second-order valence-electron chi connectivity index (χ2n) is 13.4. The van der Waals surface area contributed by atoms with Crippen LogP contribution in [0.3, 0.4) is 0 Å². The monoisotopic (exact) mass is 966 g/mol. The maximum atomic E-state index is 13.5. The number of fused-ring (bicyclic) bond motifs is 1. The molecule has 2 N–H and O–H groups in total. The van der Waals surface area contributed by atoms with E-state index in [-0.39, 0.29) is 26.4 Å². The van der Waals surface area contributed by atoms with Gasteiger partial charge in [0, 0.05) is 59.6 Å². The molecule has 0 aliphatic carbocycles. The number of carbonyl (C=O) groups excluding carboxylic acids is 2. The number of hydrazone groups is 2. The average molecular weight is 968 g/mol. The van der Waals surface area contributed by atoms with Crippen molar-refractivity contribution >= 4 is 113 Å². The third kappa shape index (κ3) is 10.6. The van der Waals surface area contributed by atoms with Crippen molar-refractivity contribution in [2.24, 2.45) is 10.2 Å². The van der Waals surface area contributed by atoms with Crippen LogP contribution in [0.4, 0.5) is 10.3 Å². The van der Waals surface area contributed by atoms with E-state index in [1.54, 1.807) is 26.3 Å². The molecular weight excluding hydrogens is 932 g/mol. The molecule has 0 radical (unpaired) electrons. The summed E-state index contributed by atoms with van der Waals surface area (Å²) in [5.41, 5.74) is 12.0. The smallest absolute Gasteiger partial charge is 0.348 e. The quantitative estimate of drug-likeness (QED) is 0.0484. The Morgan fingerprint density at radius 2 is 1.05 bits per heavy atom. The number of thiophene rings is 2. The molecule has 324 valence electrons. The van der Waals surface area contributed by atoms with Gasteiger partial charge in [0.2, 0.25) is 10.3 Å². The van der Waals surface area contributed by atoms with Crippen molar-refractivity contribution in [3.05, 3.63) is 150 Å². The van der Waals surface area contributed by atoms with Crippen molar-refractivity contribution in [2.75, 3.05) is 24.1 Å². The normalized spacial score (nSPS) is 11.4. The minimum Gasteiger partial charge on any atom is -0.488 e. The number of hydrogen-bond acceptors (Lipinski definition) is 16. The lowest BCUT2D eigenvalue weighted by atomic mass is 10.1. The van der Waals surface area contributed by atoms with Crippen LogP contribution in [0.1, 0.15) is 55.4 Å². The van der Waals surface area contributed by atoms with E-state index in [9.17, 15) is 9.59 Å². The fraction of sp³-hybridized carbons (Fsp3) is 0.130. The number of carbonyl (C=O) groups is 2. The summed E-state index contributed by atoms with van der Waals surface area (Å²) in [7, 11) is 0. The number of hydrogen-bond donors (Lipinski definition) is 2. The van der Waals surface area contributed by atoms with Gasteiger partial charge in [-0.05, 0) is 62.4 Å². The zero-order chi connectivity index (χ0) is 44.4. The summed E-state index contributed by atoms with van der Waals surface area (Å²) in [6.45, 7) is 3.81. The highest BCUT2D eigenvalue weighted by molar-refractivity contribution is 7.40. The van der Waals surface area contributed by atoms with Gasteiger partial charge in [0.1, 0.15) is 34.5 Å². The fourth-order valence-electron chi connectivity index (χ4n) is 6.29. The Bertz CT molecular complexity index is 2770. The summed E-state index contributed by atoms with van der Waals surface area (Å²) in [6, 6.07) is 29.8. The third-order valence-electron chi connectivity index (χ3n) is 9.27. The van der Waals surface area contributed by atoms with Crippen molar-refractivity contribution < 1.29 is 28.5 Å². The van der Waals surface area contributed by atoms with Gasteiger partial charge < -0.3 is 18.9 Å². The van der Waals surface area contributed by atoms with Crippen LogP contribution >= 0.6 is 68.5 Å². The summed E-state index contributed by atoms with van der Waals surface area (Å²) in [4.78, 5) is 37.0. The highest BCUT2D eigenvalue weighted by Gasteiger charge is 2.29. The van der Waals surface area contributed by atoms with E-state index in [2.05, 4.69) is 31.0 Å². The molecule has 8 rings (SSSR count). The van der Waals surface area contributed by atoms with Gasteiger partial charge >= 0.3 is 11.9 Å². The van der Waals surface area contributed by atoms with E-state index in [0.717, 1.165) is 26.5 Å². The summed E-state index contributed by atoms with van der Waals surface area (Å²) >= 11 is 17.4. The van der Waals surface area contributed by atoms with E-state index in [0.29, 0.717) is 69.2 Å². The molecule has 0 atom stereocenters. The van der Waals surface area contributed by atoms with Gasteiger partial charge in [0.15, 0.2) is 0 Å². The second kappa shape index (κ2) is 21.0. The third-order valence-corrected chi connectivity index (χ3v) is 13.8. The Balaban J connectivity index is 1.03. The van der Waals surface area contributed by atoms with Crippen LogP contribution in [0, 0.1) is 0 Å². The van der Waals surface area contributed by atoms with Gasteiger partial charge in [0.05, 0.1) is 41.0 Å². The first-order valence-corrected chi connectivity index (χ1v) is 23.8. The standard InChI is InChI=1S/C46H36Cl2N6O6S4/c1-3-57-42(55)40-33(23-59-37-11-7-5-9-29(37)21-49-53-45-51-35(25-61-45)27-13-17-31(47)18-14-27)39-34(41(43(56)58-4-2)64-44(39)63-40)24-60-38-12-8-6-10-30(38)22-50-54-46-52-36(26-62-46)28-15-19-32(48)20-16-28/h5-22,25-26H,3-4,23-24H2,1-2H3,(H,51,53)(H,52,54)/b49-21-,50-22-. The number of benzene rings is 4. The van der Waals surface area contributed by atoms with E-state index in [4.69, 9.17) is 42.1 Å². The van der Waals surface area contributed by atoms with E-state index in [1.165, 1.54) is 45.3 Å². The van der Waals surface area contributed by atoms with Gasteiger partial charge in [-0.25, -0.2) is 19.6 Å². The molecule has 0 saturated carbocycles. The maximum absolute atomic E-state index is 13.5. The lowest BCUT2D eigenvalue weighted by molar-refractivity contribution is 0.0520. The lowest BCUT2D eigenvalue weighted by Gasteiger charge is -2.13. The Morgan fingerprint density at radius 3 is 1.47 bits per heavy atom. The minimum absolute atomic E-state index is 0.0270. The summed E-state index contributed by atoms with van der Waals surface area (Å²) in [6.07, 6.45) is 3.28. The molecule has 0 spiro atoms. The van der Waals surface area contributed by atoms with Gasteiger partial charge in [0.25, 0.3) is 0 Å². The number of nitrogens with one attached hydrogen (secondary N) is 2. The van der Waals surface area contributed by atoms with Crippen LogP contribution in [0.5, 0.6) is 11.5 Å². The van der Waals surface area contributed by atoms with Gasteiger partial charge in [-0.1, -0.05) is 71.7 Å². The zero-order valence-corrected chi connectivity index (χ0v) is 38.8. The van der Waals surface area contributed by atoms with Crippen LogP contribution in [0.2, 0.25) is 10.0 Å². The van der Waals surface area contributed by atoms with Crippen molar-refractivity contribution in [1.29, 1.82) is 0 Å². The van der Waals surface area contributed by atoms with E-state index < -0.39 is 11.9 Å². The van der Waals surface area contributed by atoms with Crippen LogP contribution < -0.4 is 20.3 Å². The number of thiazole rings is 2. The SMILES string of the molecule is CCOC(=O)c1sc2sc(C(=O)OCC)c(COc3ccccc3/C=N\Nc3nc(-c4ccc(Cl)cc4)cs3)c2c1COc1ccccc1/C=N\Nc1nc(-c2ccc(Cl)cc2)cs1. The Labute approximate surface area is 393 Å². The number of rotatable bonds is 18. The number of esters is 2. The molecule has 8 aromatic rings. The first-order chi connectivity index (χ1) is 31.3. The number of halogens is 2. The molecule has 12 nitrogen and oxygen atoms in total. The first kappa shape index (κ1) is 44.5. The number of anilines is 2. The topological polar surface area (TPSA) is 146 Å². The highest BCUT2D eigenvalue weighted by Crippen LogP contribution is 2.43. The van der Waals surface area contributed by atoms with Crippen LogP contribution in [-0.2, 0) is 22.7 Å². The van der Waals surface area contributed by atoms with Crippen LogP contribution in [0.15, 0.2) is 118 Å². The number of ether oxygens (including phenoxy) is 4. The number of nitrogens with zero attached hydrogens (tertiary/aromatic N) is 4. The lowest BCUT2D eigenvalue weighted by Crippen LogP contribution is -2.10. The van der Waals surface area contributed by atoms with Crippen molar-refractivity contribution in [2.45, 2.75) is 27.1 Å². The summed E-state index contributed by atoms with van der Waals surface area (Å²) < 4.78 is 24.7. The molecule has 0 aliphatic heterocycles. The molecule has 0 bridgehead atoms. The zero-order valence-electron chi connectivity index (χ0n) is 34.0. The van der Waals surface area contributed by atoms with Gasteiger partial charge in [-0.15, -0.1) is 45.3 Å². The van der Waals surface area contributed by atoms with Crippen molar-refractivity contribution in [3.63, 3.8) is 0 Å². The second-order valence-corrected chi connectivity index (χ2v) is 18.3. The molecule has 0 saturated heterocycles. The fourth-order valence-corrected chi connectivity index (χ4v) is 10.5. The highest BCUT2D eigenvalue weighted by atomic mass is 35.5. The summed E-state index contributed by atoms with van der Waals surface area (Å²) in [5, 5.41) is 15.9. The van der Waals surface area contributed by atoms with E-state index in [1.807, 2.05) is 108 Å². The largest absolute Gasteiger partial charge is 0.488 e. The van der Waals surface area contributed by atoms with Crippen LogP contribution in [-0.4, -0.2) is 47.5 Å². The van der Waals surface area contributed by atoms with Gasteiger partial charge in [-0.2, -0.15) is 10.2 Å².